The molecule has 0 fully saturated rings. The van der Waals surface area contributed by atoms with Crippen molar-refractivity contribution in [3.8, 4) is 11.5 Å². The van der Waals surface area contributed by atoms with Crippen molar-refractivity contribution >= 4 is 24.5 Å². The molecule has 0 aliphatic rings. The number of rotatable bonds is 8. The second-order valence-electron chi connectivity index (χ2n) is 6.97. The summed E-state index contributed by atoms with van der Waals surface area (Å²) in [6.07, 6.45) is 0.813. The third-order valence-corrected chi connectivity index (χ3v) is 7.44. The molecule has 0 saturated carbocycles. The summed E-state index contributed by atoms with van der Waals surface area (Å²) in [6, 6.07) is 23.2. The van der Waals surface area contributed by atoms with Gasteiger partial charge in [0, 0.05) is 11.7 Å². The summed E-state index contributed by atoms with van der Waals surface area (Å²) in [5.74, 6) is 0.865. The van der Waals surface area contributed by atoms with Gasteiger partial charge in [-0.3, -0.25) is 0 Å². The van der Waals surface area contributed by atoms with Gasteiger partial charge in [-0.25, -0.2) is 4.79 Å². The Labute approximate surface area is 179 Å². The smallest absolute Gasteiger partial charge is 0.343 e. The van der Waals surface area contributed by atoms with Gasteiger partial charge in [-0.1, -0.05) is 66.7 Å². The minimum Gasteiger partial charge on any atom is -0.493 e. The van der Waals surface area contributed by atoms with E-state index in [1.54, 1.807) is 7.11 Å². The molecule has 4 nitrogen and oxygen atoms in total. The van der Waals surface area contributed by atoms with E-state index in [1.807, 2.05) is 19.1 Å². The van der Waals surface area contributed by atoms with Gasteiger partial charge in [0.15, 0.2) is 18.1 Å². The van der Waals surface area contributed by atoms with Crippen LogP contribution in [0.2, 0.25) is 0 Å². The molecule has 5 heteroatoms. The van der Waals surface area contributed by atoms with Crippen LogP contribution in [0.1, 0.15) is 16.7 Å². The highest BCUT2D eigenvalue weighted by molar-refractivity contribution is 7.72. The van der Waals surface area contributed by atoms with Crippen molar-refractivity contribution < 1.29 is 19.0 Å². The van der Waals surface area contributed by atoms with Crippen LogP contribution in [-0.2, 0) is 15.7 Å². The maximum Gasteiger partial charge on any atom is 0.343 e. The highest BCUT2D eigenvalue weighted by Crippen LogP contribution is 2.45. The third kappa shape index (κ3) is 5.01. The SMILES string of the molecule is COC(=O)COc1c(C)cc(C)c(CP(c2ccccc2)c2ccccc2)c1OC. The molecule has 0 aliphatic carbocycles. The van der Waals surface area contributed by atoms with E-state index in [4.69, 9.17) is 14.2 Å². The Morgan fingerprint density at radius 3 is 1.90 bits per heavy atom. The minimum absolute atomic E-state index is 0.150. The fourth-order valence-corrected chi connectivity index (χ4v) is 5.90. The molecule has 0 N–H and O–H groups in total. The molecule has 0 amide bonds. The topological polar surface area (TPSA) is 44.8 Å². The quantitative estimate of drug-likeness (QED) is 0.396. The predicted molar refractivity (Wildman–Crippen MR) is 123 cm³/mol. The number of hydrogen-bond donors (Lipinski definition) is 0. The molecule has 3 rings (SSSR count). The zero-order valence-electron chi connectivity index (χ0n) is 17.8. The van der Waals surface area contributed by atoms with Crippen LogP contribution >= 0.6 is 7.92 Å². The zero-order valence-corrected chi connectivity index (χ0v) is 18.7. The molecule has 0 spiro atoms. The average molecular weight is 422 g/mol. The Hall–Kier alpha value is -2.84. The lowest BCUT2D eigenvalue weighted by Gasteiger charge is -2.23. The first kappa shape index (κ1) is 21.9. The molecule has 0 atom stereocenters. The maximum absolute atomic E-state index is 11.6. The lowest BCUT2D eigenvalue weighted by atomic mass is 10.0. The second-order valence-corrected chi connectivity index (χ2v) is 9.18. The van der Waals surface area contributed by atoms with Gasteiger partial charge in [0.25, 0.3) is 0 Å². The highest BCUT2D eigenvalue weighted by Gasteiger charge is 2.22. The molecule has 0 aromatic heterocycles. The number of carbonyl (C=O) groups is 1. The second kappa shape index (κ2) is 10.3. The molecule has 0 radical (unpaired) electrons. The number of ether oxygens (including phenoxy) is 3. The standard InChI is InChI=1S/C25H27O4P/c1-18-15-19(2)24(29-16-23(26)27-3)25(28-4)22(18)17-30(20-11-7-5-8-12-20)21-13-9-6-10-14-21/h5-15H,16-17H2,1-4H3. The van der Waals surface area contributed by atoms with Crippen LogP contribution in [0.4, 0.5) is 0 Å². The number of methoxy groups -OCH3 is 2. The summed E-state index contributed by atoms with van der Waals surface area (Å²) < 4.78 is 16.3. The summed E-state index contributed by atoms with van der Waals surface area (Å²) in [7, 11) is 2.36. The van der Waals surface area contributed by atoms with Crippen molar-refractivity contribution in [3.05, 3.63) is 83.4 Å². The van der Waals surface area contributed by atoms with Gasteiger partial charge >= 0.3 is 5.97 Å². The maximum atomic E-state index is 11.6. The molecule has 156 valence electrons. The van der Waals surface area contributed by atoms with Crippen molar-refractivity contribution in [2.45, 2.75) is 20.0 Å². The van der Waals surface area contributed by atoms with E-state index in [9.17, 15) is 4.79 Å². The molecule has 3 aromatic rings. The Balaban J connectivity index is 2.05. The van der Waals surface area contributed by atoms with E-state index in [-0.39, 0.29) is 6.61 Å². The van der Waals surface area contributed by atoms with Gasteiger partial charge in [0.05, 0.1) is 14.2 Å². The average Bonchev–Trinajstić information content (AvgIpc) is 2.78. The van der Waals surface area contributed by atoms with Crippen LogP contribution in [0, 0.1) is 13.8 Å². The van der Waals surface area contributed by atoms with Crippen molar-refractivity contribution in [2.75, 3.05) is 20.8 Å². The van der Waals surface area contributed by atoms with Crippen LogP contribution in [0.15, 0.2) is 66.7 Å². The summed E-state index contributed by atoms with van der Waals surface area (Å²) in [4.78, 5) is 11.6. The Morgan fingerprint density at radius 1 is 0.833 bits per heavy atom. The molecule has 0 bridgehead atoms. The molecule has 0 saturated heterocycles. The predicted octanol–water partition coefficient (Wildman–Crippen LogP) is 4.50. The molecule has 0 unspecified atom stereocenters. The first-order valence-corrected chi connectivity index (χ1v) is 11.3. The molecular weight excluding hydrogens is 395 g/mol. The van der Waals surface area contributed by atoms with Crippen molar-refractivity contribution in [3.63, 3.8) is 0 Å². The van der Waals surface area contributed by atoms with E-state index in [0.717, 1.165) is 22.9 Å². The molecule has 0 aliphatic heterocycles. The first-order valence-electron chi connectivity index (χ1n) is 9.79. The van der Waals surface area contributed by atoms with E-state index in [2.05, 4.69) is 61.5 Å². The van der Waals surface area contributed by atoms with Crippen molar-refractivity contribution in [2.24, 2.45) is 0 Å². The Kier molecular flexibility index (Phi) is 7.48. The fourth-order valence-electron chi connectivity index (χ4n) is 3.46. The lowest BCUT2D eigenvalue weighted by molar-refractivity contribution is -0.142. The summed E-state index contributed by atoms with van der Waals surface area (Å²) in [5, 5.41) is 2.61. The zero-order chi connectivity index (χ0) is 21.5. The lowest BCUT2D eigenvalue weighted by Crippen LogP contribution is -2.16. The van der Waals surface area contributed by atoms with Crippen LogP contribution in [0.3, 0.4) is 0 Å². The van der Waals surface area contributed by atoms with E-state index >= 15 is 0 Å². The third-order valence-electron chi connectivity index (χ3n) is 4.97. The van der Waals surface area contributed by atoms with Gasteiger partial charge in [-0.2, -0.15) is 0 Å². The van der Waals surface area contributed by atoms with Gasteiger partial charge < -0.3 is 14.2 Å². The Morgan fingerprint density at radius 2 is 1.40 bits per heavy atom. The number of aryl methyl sites for hydroxylation is 2. The Bertz CT molecular complexity index is 948. The summed E-state index contributed by atoms with van der Waals surface area (Å²) in [6.45, 7) is 3.91. The number of carbonyl (C=O) groups excluding carboxylic acids is 1. The van der Waals surface area contributed by atoms with Crippen LogP contribution in [0.5, 0.6) is 11.5 Å². The molecule has 3 aromatic carbocycles. The van der Waals surface area contributed by atoms with Crippen LogP contribution in [-0.4, -0.2) is 26.8 Å². The van der Waals surface area contributed by atoms with Gasteiger partial charge in [0.1, 0.15) is 0 Å². The van der Waals surface area contributed by atoms with Gasteiger partial charge in [0.2, 0.25) is 0 Å². The van der Waals surface area contributed by atoms with Gasteiger partial charge in [-0.05, 0) is 43.5 Å². The first-order chi connectivity index (χ1) is 14.5. The van der Waals surface area contributed by atoms with Crippen molar-refractivity contribution in [1.29, 1.82) is 0 Å². The molecule has 0 heterocycles. The van der Waals surface area contributed by atoms with E-state index in [0.29, 0.717) is 11.5 Å². The van der Waals surface area contributed by atoms with Crippen LogP contribution in [0.25, 0.3) is 0 Å². The normalized spacial score (nSPS) is 10.7. The minimum atomic E-state index is -0.639. The number of benzene rings is 3. The fraction of sp³-hybridized carbons (Fsp3) is 0.240. The van der Waals surface area contributed by atoms with E-state index in [1.165, 1.54) is 17.7 Å². The van der Waals surface area contributed by atoms with E-state index < -0.39 is 13.9 Å². The van der Waals surface area contributed by atoms with Gasteiger partial charge in [-0.15, -0.1) is 0 Å². The summed E-state index contributed by atoms with van der Waals surface area (Å²) >= 11 is 0. The van der Waals surface area contributed by atoms with Crippen molar-refractivity contribution in [1.82, 2.24) is 0 Å². The molecule has 30 heavy (non-hydrogen) atoms. The number of esters is 1. The highest BCUT2D eigenvalue weighted by atomic mass is 31.1. The monoisotopic (exact) mass is 422 g/mol. The number of hydrogen-bond acceptors (Lipinski definition) is 4. The van der Waals surface area contributed by atoms with Crippen LogP contribution < -0.4 is 20.1 Å². The largest absolute Gasteiger partial charge is 0.493 e. The summed E-state index contributed by atoms with van der Waals surface area (Å²) in [5.41, 5.74) is 3.18. The molecular formula is C25H27O4P.